The van der Waals surface area contributed by atoms with Crippen LogP contribution in [0.3, 0.4) is 0 Å². The molecule has 0 bridgehead atoms. The van der Waals surface area contributed by atoms with Gasteiger partial charge in [-0.3, -0.25) is 4.79 Å². The van der Waals surface area contributed by atoms with Crippen LogP contribution in [0.2, 0.25) is 0 Å². The van der Waals surface area contributed by atoms with Gasteiger partial charge in [-0.2, -0.15) is 0 Å². The zero-order chi connectivity index (χ0) is 12.5. The van der Waals surface area contributed by atoms with Crippen LogP contribution in [0.5, 0.6) is 0 Å². The number of likely N-dealkylation sites (tertiary alicyclic amines) is 1. The molecule has 1 aromatic rings. The smallest absolute Gasteiger partial charge is 0.266 e. The first-order chi connectivity index (χ1) is 8.77. The van der Waals surface area contributed by atoms with Gasteiger partial charge in [0.25, 0.3) is 5.91 Å². The van der Waals surface area contributed by atoms with Crippen molar-refractivity contribution in [2.75, 3.05) is 12.3 Å². The van der Waals surface area contributed by atoms with Crippen LogP contribution < -0.4 is 5.73 Å². The van der Waals surface area contributed by atoms with Crippen LogP contribution >= 0.6 is 11.3 Å². The van der Waals surface area contributed by atoms with E-state index in [-0.39, 0.29) is 5.91 Å². The number of carbonyl (C=O) groups excluding carboxylic acids is 1. The maximum absolute atomic E-state index is 12.6. The molecule has 1 amide bonds. The summed E-state index contributed by atoms with van der Waals surface area (Å²) in [6.45, 7) is 0.914. The monoisotopic (exact) mass is 264 g/mol. The zero-order valence-electron chi connectivity index (χ0n) is 10.6. The number of piperidine rings is 1. The highest BCUT2D eigenvalue weighted by molar-refractivity contribution is 7.12. The van der Waals surface area contributed by atoms with Gasteiger partial charge in [0.2, 0.25) is 0 Å². The van der Waals surface area contributed by atoms with Gasteiger partial charge < -0.3 is 10.6 Å². The van der Waals surface area contributed by atoms with E-state index in [0.717, 1.165) is 23.8 Å². The first-order valence-electron chi connectivity index (χ1n) is 6.91. The lowest BCUT2D eigenvalue weighted by atomic mass is 9.78. The van der Waals surface area contributed by atoms with Crippen LogP contribution in [0.25, 0.3) is 0 Å². The summed E-state index contributed by atoms with van der Waals surface area (Å²) in [7, 11) is 0. The first-order valence-corrected chi connectivity index (χ1v) is 7.79. The maximum Gasteiger partial charge on any atom is 0.266 e. The molecule has 0 aromatic carbocycles. The molecule has 2 N–H and O–H groups in total. The number of carbonyl (C=O) groups is 1. The van der Waals surface area contributed by atoms with Crippen LogP contribution in [-0.2, 0) is 0 Å². The summed E-state index contributed by atoms with van der Waals surface area (Å²) >= 11 is 1.47. The number of hydrogen-bond donors (Lipinski definition) is 1. The average molecular weight is 264 g/mol. The Morgan fingerprint density at radius 2 is 2.06 bits per heavy atom. The molecule has 1 aliphatic heterocycles. The minimum Gasteiger partial charge on any atom is -0.397 e. The molecule has 0 spiro atoms. The molecule has 18 heavy (non-hydrogen) atoms. The summed E-state index contributed by atoms with van der Waals surface area (Å²) in [6, 6.07) is 2.31. The molecule has 2 atom stereocenters. The largest absolute Gasteiger partial charge is 0.397 e. The fourth-order valence-electron chi connectivity index (χ4n) is 3.50. The van der Waals surface area contributed by atoms with Crippen LogP contribution in [-0.4, -0.2) is 23.4 Å². The summed E-state index contributed by atoms with van der Waals surface area (Å²) < 4.78 is 0. The van der Waals surface area contributed by atoms with E-state index < -0.39 is 0 Å². The van der Waals surface area contributed by atoms with Crippen molar-refractivity contribution in [3.63, 3.8) is 0 Å². The van der Waals surface area contributed by atoms with E-state index in [1.165, 1.54) is 43.4 Å². The van der Waals surface area contributed by atoms with Crippen LogP contribution in [0.1, 0.15) is 48.2 Å². The molecule has 2 fully saturated rings. The molecular weight excluding hydrogens is 244 g/mol. The van der Waals surface area contributed by atoms with Crippen molar-refractivity contribution in [2.45, 2.75) is 44.6 Å². The predicted octanol–water partition coefficient (Wildman–Crippen LogP) is 3.13. The quantitative estimate of drug-likeness (QED) is 0.847. The highest BCUT2D eigenvalue weighted by Crippen LogP contribution is 2.36. The molecule has 3 rings (SSSR count). The van der Waals surface area contributed by atoms with Crippen molar-refractivity contribution < 1.29 is 4.79 Å². The van der Waals surface area contributed by atoms with Crippen molar-refractivity contribution in [3.8, 4) is 0 Å². The summed E-state index contributed by atoms with van der Waals surface area (Å²) in [6.07, 6.45) is 7.54. The Balaban J connectivity index is 1.82. The molecule has 2 aliphatic rings. The predicted molar refractivity (Wildman–Crippen MR) is 74.7 cm³/mol. The fraction of sp³-hybridized carbons (Fsp3) is 0.643. The van der Waals surface area contributed by atoms with Gasteiger partial charge in [0.05, 0.1) is 5.69 Å². The third-order valence-corrected chi connectivity index (χ3v) is 5.31. The van der Waals surface area contributed by atoms with Gasteiger partial charge in [0.15, 0.2) is 0 Å². The Labute approximate surface area is 112 Å². The lowest BCUT2D eigenvalue weighted by Crippen LogP contribution is -2.49. The number of anilines is 1. The number of nitrogen functional groups attached to an aromatic ring is 1. The molecule has 0 unspecified atom stereocenters. The Morgan fingerprint density at radius 1 is 1.28 bits per heavy atom. The maximum atomic E-state index is 12.6. The topological polar surface area (TPSA) is 46.3 Å². The highest BCUT2D eigenvalue weighted by atomic mass is 32.1. The van der Waals surface area contributed by atoms with Crippen LogP contribution in [0, 0.1) is 5.92 Å². The zero-order valence-corrected chi connectivity index (χ0v) is 11.4. The highest BCUT2D eigenvalue weighted by Gasteiger charge is 2.36. The molecule has 4 heteroatoms. The van der Waals surface area contributed by atoms with Crippen molar-refractivity contribution in [3.05, 3.63) is 16.3 Å². The Hall–Kier alpha value is -1.03. The van der Waals surface area contributed by atoms with Gasteiger partial charge >= 0.3 is 0 Å². The second-order valence-corrected chi connectivity index (χ2v) is 6.37. The van der Waals surface area contributed by atoms with Crippen molar-refractivity contribution >= 4 is 22.9 Å². The molecular formula is C14H20N2OS. The summed E-state index contributed by atoms with van der Waals surface area (Å²) in [4.78, 5) is 15.4. The second kappa shape index (κ2) is 4.92. The minimum absolute atomic E-state index is 0.166. The van der Waals surface area contributed by atoms with E-state index in [1.807, 2.05) is 11.4 Å². The fourth-order valence-corrected chi connectivity index (χ4v) is 4.27. The minimum atomic E-state index is 0.166. The lowest BCUT2D eigenvalue weighted by Gasteiger charge is -2.44. The van der Waals surface area contributed by atoms with Crippen molar-refractivity contribution in [2.24, 2.45) is 5.92 Å². The number of fused-ring (bicyclic) bond motifs is 1. The molecule has 3 nitrogen and oxygen atoms in total. The van der Waals surface area contributed by atoms with Gasteiger partial charge in [0, 0.05) is 12.6 Å². The molecule has 0 radical (unpaired) electrons. The Kier molecular flexibility index (Phi) is 3.29. The summed E-state index contributed by atoms with van der Waals surface area (Å²) in [5.41, 5.74) is 6.52. The molecule has 1 aromatic heterocycles. The molecule has 1 aliphatic carbocycles. The number of nitrogens with zero attached hydrogens (tertiary/aromatic N) is 1. The normalized spacial score (nSPS) is 27.9. The van der Waals surface area contributed by atoms with Crippen LogP contribution in [0.4, 0.5) is 5.69 Å². The van der Waals surface area contributed by atoms with E-state index in [2.05, 4.69) is 4.90 Å². The van der Waals surface area contributed by atoms with Gasteiger partial charge in [0.1, 0.15) is 4.88 Å². The van der Waals surface area contributed by atoms with E-state index in [1.54, 1.807) is 0 Å². The third-order valence-electron chi connectivity index (χ3n) is 4.39. The van der Waals surface area contributed by atoms with E-state index in [0.29, 0.717) is 11.7 Å². The second-order valence-electron chi connectivity index (χ2n) is 5.46. The Morgan fingerprint density at radius 3 is 2.83 bits per heavy atom. The number of amides is 1. The van der Waals surface area contributed by atoms with E-state index in [4.69, 9.17) is 5.73 Å². The van der Waals surface area contributed by atoms with Gasteiger partial charge in [-0.1, -0.05) is 12.8 Å². The standard InChI is InChI=1S/C14H20N2OS/c15-11-7-9-18-13(11)14(17)16-8-3-5-10-4-1-2-6-12(10)16/h7,9-10,12H,1-6,8,15H2/t10-,12-/m1/s1. The number of hydrogen-bond acceptors (Lipinski definition) is 3. The summed E-state index contributed by atoms with van der Waals surface area (Å²) in [5, 5.41) is 1.91. The average Bonchev–Trinajstić information content (AvgIpc) is 2.83. The van der Waals surface area contributed by atoms with Gasteiger partial charge in [-0.25, -0.2) is 0 Å². The number of rotatable bonds is 1. The van der Waals surface area contributed by atoms with Crippen molar-refractivity contribution in [1.29, 1.82) is 0 Å². The van der Waals surface area contributed by atoms with Gasteiger partial charge in [-0.05, 0) is 43.0 Å². The lowest BCUT2D eigenvalue weighted by molar-refractivity contribution is 0.0396. The van der Waals surface area contributed by atoms with Crippen molar-refractivity contribution in [1.82, 2.24) is 4.90 Å². The molecule has 2 heterocycles. The number of thiophene rings is 1. The van der Waals surface area contributed by atoms with Gasteiger partial charge in [-0.15, -0.1) is 11.3 Å². The molecule has 1 saturated heterocycles. The molecule has 1 saturated carbocycles. The SMILES string of the molecule is Nc1ccsc1C(=O)N1CCC[C@H]2CCCC[C@H]21. The third kappa shape index (κ3) is 2.03. The van der Waals surface area contributed by atoms with Crippen LogP contribution in [0.15, 0.2) is 11.4 Å². The van der Waals surface area contributed by atoms with E-state index >= 15 is 0 Å². The first kappa shape index (κ1) is 12.0. The summed E-state index contributed by atoms with van der Waals surface area (Å²) in [5.74, 6) is 0.900. The van der Waals surface area contributed by atoms with E-state index in [9.17, 15) is 4.79 Å². The Bertz CT molecular complexity index is 441. The number of nitrogens with two attached hydrogens (primary N) is 1. The molecule has 98 valence electrons.